The number of benzene rings is 1. The van der Waals surface area contributed by atoms with Crippen LogP contribution >= 0.6 is 0 Å². The van der Waals surface area contributed by atoms with Gasteiger partial charge in [-0.15, -0.1) is 0 Å². The third-order valence-corrected chi connectivity index (χ3v) is 4.23. The van der Waals surface area contributed by atoms with Gasteiger partial charge in [-0.2, -0.15) is 0 Å². The maximum atomic E-state index is 13.3. The summed E-state index contributed by atoms with van der Waals surface area (Å²) in [6.45, 7) is 5.88. The van der Waals surface area contributed by atoms with E-state index in [1.165, 1.54) is 27.7 Å². The normalized spacial score (nSPS) is 10.9. The first-order chi connectivity index (χ1) is 13.7. The van der Waals surface area contributed by atoms with Crippen molar-refractivity contribution < 1.29 is 13.9 Å². The van der Waals surface area contributed by atoms with Crippen molar-refractivity contribution in [2.75, 3.05) is 23.8 Å². The van der Waals surface area contributed by atoms with Gasteiger partial charge in [-0.1, -0.05) is 33.3 Å². The van der Waals surface area contributed by atoms with Crippen molar-refractivity contribution in [3.8, 4) is 5.75 Å². The van der Waals surface area contributed by atoms with Gasteiger partial charge in [0.1, 0.15) is 17.4 Å². The second kappa shape index (κ2) is 9.90. The molecule has 0 bridgehead atoms. The highest BCUT2D eigenvalue weighted by molar-refractivity contribution is 5.96. The van der Waals surface area contributed by atoms with Crippen molar-refractivity contribution in [3.05, 3.63) is 50.9 Å². The maximum absolute atomic E-state index is 13.3. The van der Waals surface area contributed by atoms with E-state index in [2.05, 4.69) is 4.98 Å². The predicted octanol–water partition coefficient (Wildman–Crippen LogP) is 2.13. The Morgan fingerprint density at radius 1 is 1.34 bits per heavy atom. The molecule has 1 aromatic carbocycles. The molecule has 0 fully saturated rings. The van der Waals surface area contributed by atoms with E-state index in [1.54, 1.807) is 0 Å². The Kier molecular flexibility index (Phi) is 7.58. The minimum absolute atomic E-state index is 0.0670. The Hall–Kier alpha value is -3.10. The Bertz CT molecular complexity index is 968. The number of nitrogen functional groups attached to an aromatic ring is 1. The third-order valence-electron chi connectivity index (χ3n) is 4.23. The first-order valence-electron chi connectivity index (χ1n) is 9.55. The molecule has 2 rings (SSSR count). The number of aromatic amines is 1. The largest absolute Gasteiger partial charge is 0.484 e. The lowest BCUT2D eigenvalue weighted by Crippen LogP contribution is -2.43. The molecule has 0 atom stereocenters. The molecule has 0 saturated carbocycles. The summed E-state index contributed by atoms with van der Waals surface area (Å²) in [5, 5.41) is 0. The predicted molar refractivity (Wildman–Crippen MR) is 110 cm³/mol. The van der Waals surface area contributed by atoms with E-state index in [1.807, 2.05) is 20.8 Å². The lowest BCUT2D eigenvalue weighted by Gasteiger charge is -2.25. The average Bonchev–Trinajstić information content (AvgIpc) is 2.65. The van der Waals surface area contributed by atoms with Crippen molar-refractivity contribution in [1.29, 1.82) is 0 Å². The number of halogens is 1. The van der Waals surface area contributed by atoms with E-state index in [0.717, 1.165) is 12.5 Å². The first-order valence-corrected chi connectivity index (χ1v) is 9.55. The third kappa shape index (κ3) is 5.69. The summed E-state index contributed by atoms with van der Waals surface area (Å²) in [5.74, 6) is -0.776. The Balaban J connectivity index is 2.37. The molecule has 0 spiro atoms. The van der Waals surface area contributed by atoms with E-state index in [9.17, 15) is 18.8 Å². The molecule has 0 aliphatic rings. The number of rotatable bonds is 9. The van der Waals surface area contributed by atoms with Gasteiger partial charge in [0.15, 0.2) is 12.3 Å². The molecule has 158 valence electrons. The van der Waals surface area contributed by atoms with Crippen LogP contribution in [0.1, 0.15) is 33.6 Å². The van der Waals surface area contributed by atoms with Gasteiger partial charge in [0.2, 0.25) is 0 Å². The Labute approximate surface area is 168 Å². The molecular weight excluding hydrogens is 379 g/mol. The van der Waals surface area contributed by atoms with Crippen molar-refractivity contribution in [1.82, 2.24) is 9.55 Å². The number of carbonyl (C=O) groups is 1. The van der Waals surface area contributed by atoms with E-state index in [0.29, 0.717) is 13.0 Å². The average molecular weight is 406 g/mol. The van der Waals surface area contributed by atoms with Gasteiger partial charge < -0.3 is 15.4 Å². The van der Waals surface area contributed by atoms with Crippen LogP contribution in [-0.2, 0) is 11.3 Å². The molecule has 0 unspecified atom stereocenters. The van der Waals surface area contributed by atoms with E-state index < -0.39 is 29.6 Å². The zero-order chi connectivity index (χ0) is 21.6. The maximum Gasteiger partial charge on any atom is 0.330 e. The number of hydrogen-bond acceptors (Lipinski definition) is 5. The van der Waals surface area contributed by atoms with Gasteiger partial charge in [-0.3, -0.25) is 19.1 Å². The summed E-state index contributed by atoms with van der Waals surface area (Å²) in [6, 6.07) is 5.42. The SMILES string of the molecule is CCCCN(C(=O)COc1cccc(F)c1)c1c(N)n(CC(C)C)c(=O)[nH]c1=O. The fourth-order valence-electron chi connectivity index (χ4n) is 2.84. The quantitative estimate of drug-likeness (QED) is 0.663. The van der Waals surface area contributed by atoms with Gasteiger partial charge >= 0.3 is 5.69 Å². The van der Waals surface area contributed by atoms with Crippen LogP contribution in [0.2, 0.25) is 0 Å². The molecule has 1 amide bonds. The van der Waals surface area contributed by atoms with Crippen LogP contribution < -0.4 is 26.6 Å². The summed E-state index contributed by atoms with van der Waals surface area (Å²) in [6.07, 6.45) is 1.39. The standard InChI is InChI=1S/C20H27FN4O4/c1-4-5-9-24(16(26)12-29-15-8-6-7-14(21)10-15)17-18(22)25(11-13(2)3)20(28)23-19(17)27/h6-8,10,13H,4-5,9,11-12,22H2,1-3H3,(H,23,27,28). The number of nitrogens with one attached hydrogen (secondary N) is 1. The lowest BCUT2D eigenvalue weighted by molar-refractivity contribution is -0.120. The van der Waals surface area contributed by atoms with Gasteiger partial charge in [-0.25, -0.2) is 9.18 Å². The topological polar surface area (TPSA) is 110 Å². The van der Waals surface area contributed by atoms with E-state index in [4.69, 9.17) is 10.5 Å². The number of hydrogen-bond donors (Lipinski definition) is 2. The molecule has 9 heteroatoms. The van der Waals surface area contributed by atoms with Crippen LogP contribution in [-0.4, -0.2) is 28.6 Å². The lowest BCUT2D eigenvalue weighted by atomic mass is 10.2. The van der Waals surface area contributed by atoms with Gasteiger partial charge in [0, 0.05) is 19.2 Å². The number of nitrogens with two attached hydrogens (primary N) is 1. The molecule has 3 N–H and O–H groups in total. The Morgan fingerprint density at radius 3 is 2.69 bits per heavy atom. The number of unbranched alkanes of at least 4 members (excludes halogenated alkanes) is 1. The summed E-state index contributed by atoms with van der Waals surface area (Å²) in [5.41, 5.74) is 4.70. The molecule has 0 saturated heterocycles. The number of anilines is 2. The fraction of sp³-hybridized carbons (Fsp3) is 0.450. The number of nitrogens with zero attached hydrogens (tertiary/aromatic N) is 2. The van der Waals surface area contributed by atoms with Gasteiger partial charge in [0.05, 0.1) is 0 Å². The highest BCUT2D eigenvalue weighted by Crippen LogP contribution is 2.19. The highest BCUT2D eigenvalue weighted by Gasteiger charge is 2.24. The molecule has 2 aromatic rings. The smallest absolute Gasteiger partial charge is 0.330 e. The number of aromatic nitrogens is 2. The summed E-state index contributed by atoms with van der Waals surface area (Å²) >= 11 is 0. The first kappa shape index (κ1) is 22.2. The number of ether oxygens (including phenoxy) is 1. The van der Waals surface area contributed by atoms with Crippen molar-refractivity contribution in [2.24, 2.45) is 5.92 Å². The van der Waals surface area contributed by atoms with E-state index in [-0.39, 0.29) is 29.7 Å². The van der Waals surface area contributed by atoms with Crippen LogP contribution in [0, 0.1) is 11.7 Å². The highest BCUT2D eigenvalue weighted by atomic mass is 19.1. The molecule has 0 aliphatic carbocycles. The number of carbonyl (C=O) groups excluding carboxylic acids is 1. The monoisotopic (exact) mass is 406 g/mol. The van der Waals surface area contributed by atoms with Crippen molar-refractivity contribution in [2.45, 2.75) is 40.2 Å². The van der Waals surface area contributed by atoms with Crippen LogP contribution in [0.5, 0.6) is 5.75 Å². The molecule has 29 heavy (non-hydrogen) atoms. The number of H-pyrrole nitrogens is 1. The van der Waals surface area contributed by atoms with E-state index >= 15 is 0 Å². The molecule has 1 heterocycles. The molecule has 0 aliphatic heterocycles. The second-order valence-corrected chi connectivity index (χ2v) is 7.14. The molecule has 1 aromatic heterocycles. The fourth-order valence-corrected chi connectivity index (χ4v) is 2.84. The van der Waals surface area contributed by atoms with Crippen molar-refractivity contribution in [3.63, 3.8) is 0 Å². The minimum atomic E-state index is -0.734. The summed E-state index contributed by atoms with van der Waals surface area (Å²) in [7, 11) is 0. The van der Waals surface area contributed by atoms with Crippen molar-refractivity contribution >= 4 is 17.4 Å². The van der Waals surface area contributed by atoms with Crippen LogP contribution in [0.25, 0.3) is 0 Å². The zero-order valence-corrected chi connectivity index (χ0v) is 16.9. The summed E-state index contributed by atoms with van der Waals surface area (Å²) < 4.78 is 19.9. The molecular formula is C20H27FN4O4. The van der Waals surface area contributed by atoms with Crippen LogP contribution in [0.3, 0.4) is 0 Å². The van der Waals surface area contributed by atoms with Gasteiger partial charge in [-0.05, 0) is 24.5 Å². The van der Waals surface area contributed by atoms with Crippen LogP contribution in [0.15, 0.2) is 33.9 Å². The molecule has 0 radical (unpaired) electrons. The van der Waals surface area contributed by atoms with Gasteiger partial charge in [0.25, 0.3) is 11.5 Å². The van der Waals surface area contributed by atoms with Crippen LogP contribution in [0.4, 0.5) is 15.9 Å². The summed E-state index contributed by atoms with van der Waals surface area (Å²) in [4.78, 5) is 41.0. The minimum Gasteiger partial charge on any atom is -0.484 e. The Morgan fingerprint density at radius 2 is 2.07 bits per heavy atom. The number of amides is 1. The zero-order valence-electron chi connectivity index (χ0n) is 16.9. The molecule has 8 nitrogen and oxygen atoms in total. The second-order valence-electron chi connectivity index (χ2n) is 7.14.